The molecule has 6 nitrogen and oxygen atoms in total. The van der Waals surface area contributed by atoms with Gasteiger partial charge in [-0.05, 0) is 26.1 Å². The van der Waals surface area contributed by atoms with Gasteiger partial charge < -0.3 is 20.9 Å². The van der Waals surface area contributed by atoms with Crippen LogP contribution in [-0.4, -0.2) is 49.3 Å². The lowest BCUT2D eigenvalue weighted by molar-refractivity contribution is -0.120. The van der Waals surface area contributed by atoms with Crippen molar-refractivity contribution < 1.29 is 14.6 Å². The van der Waals surface area contributed by atoms with Crippen LogP contribution in [0.3, 0.4) is 0 Å². The number of nitrogens with zero attached hydrogens (tertiary/aromatic N) is 1. The molecule has 0 aliphatic rings. The lowest BCUT2D eigenvalue weighted by Gasteiger charge is -2.23. The number of nitrogens with one attached hydrogen (secondary N) is 1. The molecule has 1 atom stereocenters. The molecule has 6 heteroatoms. The van der Waals surface area contributed by atoms with Crippen LogP contribution in [0.5, 0.6) is 5.75 Å². The van der Waals surface area contributed by atoms with Crippen molar-refractivity contribution in [1.82, 2.24) is 4.90 Å². The number of benzene rings is 1. The minimum absolute atomic E-state index is 0.0127. The average Bonchev–Trinajstić information content (AvgIpc) is 2.40. The number of aliphatic hydroxyl groups is 1. The maximum atomic E-state index is 12.0. The summed E-state index contributed by atoms with van der Waals surface area (Å²) in [6.45, 7) is 2.22. The van der Waals surface area contributed by atoms with E-state index in [0.717, 1.165) is 0 Å². The summed E-state index contributed by atoms with van der Waals surface area (Å²) in [7, 11) is 3.33. The standard InChI is InChI=1S/C13H21N3O3/c1-9(16(2)6-7-17)13(18)15-12-5-4-10(19-3)8-11(12)14/h4-5,8-9,17H,6-7,14H2,1-3H3,(H,15,18). The SMILES string of the molecule is COc1ccc(NC(=O)C(C)N(C)CCO)c(N)c1. The van der Waals surface area contributed by atoms with Crippen molar-refractivity contribution in [2.45, 2.75) is 13.0 Å². The number of nitrogen functional groups attached to an aromatic ring is 1. The van der Waals surface area contributed by atoms with E-state index in [1.165, 1.54) is 0 Å². The number of ether oxygens (including phenoxy) is 1. The van der Waals surface area contributed by atoms with Crippen LogP contribution < -0.4 is 15.8 Å². The minimum atomic E-state index is -0.353. The van der Waals surface area contributed by atoms with Crippen molar-refractivity contribution in [3.8, 4) is 5.75 Å². The number of amides is 1. The smallest absolute Gasteiger partial charge is 0.241 e. The molecule has 0 bridgehead atoms. The molecule has 1 unspecified atom stereocenters. The molecule has 0 saturated carbocycles. The summed E-state index contributed by atoms with van der Waals surface area (Å²) in [5, 5.41) is 11.6. The Balaban J connectivity index is 2.71. The number of rotatable bonds is 6. The molecule has 1 rings (SSSR count). The highest BCUT2D eigenvalue weighted by Crippen LogP contribution is 2.24. The monoisotopic (exact) mass is 267 g/mol. The molecular weight excluding hydrogens is 246 g/mol. The van der Waals surface area contributed by atoms with E-state index in [1.54, 1.807) is 44.2 Å². The third kappa shape index (κ3) is 4.11. The van der Waals surface area contributed by atoms with Gasteiger partial charge in [-0.3, -0.25) is 9.69 Å². The zero-order valence-electron chi connectivity index (χ0n) is 11.5. The Morgan fingerprint density at radius 2 is 2.26 bits per heavy atom. The first kappa shape index (κ1) is 15.3. The van der Waals surface area contributed by atoms with Crippen molar-refractivity contribution in [1.29, 1.82) is 0 Å². The fraction of sp³-hybridized carbons (Fsp3) is 0.462. The molecule has 0 aliphatic carbocycles. The van der Waals surface area contributed by atoms with Crippen LogP contribution >= 0.6 is 0 Å². The summed E-state index contributed by atoms with van der Waals surface area (Å²) in [6, 6.07) is 4.73. The van der Waals surface area contributed by atoms with Crippen molar-refractivity contribution in [3.05, 3.63) is 18.2 Å². The number of carbonyl (C=O) groups is 1. The van der Waals surface area contributed by atoms with Gasteiger partial charge in [-0.2, -0.15) is 0 Å². The fourth-order valence-electron chi connectivity index (χ4n) is 1.57. The summed E-state index contributed by atoms with van der Waals surface area (Å²) in [5.41, 5.74) is 6.83. The van der Waals surface area contributed by atoms with Crippen LogP contribution in [-0.2, 0) is 4.79 Å². The van der Waals surface area contributed by atoms with Crippen molar-refractivity contribution in [2.75, 3.05) is 38.4 Å². The number of carbonyl (C=O) groups excluding carboxylic acids is 1. The van der Waals surface area contributed by atoms with Crippen molar-refractivity contribution in [3.63, 3.8) is 0 Å². The Labute approximate surface area is 113 Å². The molecule has 0 aromatic heterocycles. The van der Waals surface area contributed by atoms with Crippen LogP contribution in [0, 0.1) is 0 Å². The maximum absolute atomic E-state index is 12.0. The van der Waals surface area contributed by atoms with Gasteiger partial charge in [0.05, 0.1) is 31.1 Å². The third-order valence-corrected chi connectivity index (χ3v) is 3.01. The van der Waals surface area contributed by atoms with Gasteiger partial charge in [0.1, 0.15) is 5.75 Å². The summed E-state index contributed by atoms with van der Waals surface area (Å²) in [5.74, 6) is 0.466. The molecule has 0 spiro atoms. The molecule has 0 fully saturated rings. The first-order valence-corrected chi connectivity index (χ1v) is 6.05. The Morgan fingerprint density at radius 1 is 1.58 bits per heavy atom. The van der Waals surface area contributed by atoms with Gasteiger partial charge in [0.2, 0.25) is 5.91 Å². The summed E-state index contributed by atoms with van der Waals surface area (Å²) >= 11 is 0. The second kappa shape index (κ2) is 6.96. The van der Waals surface area contributed by atoms with Crippen LogP contribution in [0.2, 0.25) is 0 Å². The van der Waals surface area contributed by atoms with Gasteiger partial charge >= 0.3 is 0 Å². The molecule has 106 valence electrons. The van der Waals surface area contributed by atoms with Gasteiger partial charge in [-0.1, -0.05) is 0 Å². The number of likely N-dealkylation sites (N-methyl/N-ethyl adjacent to an activating group) is 1. The lowest BCUT2D eigenvalue weighted by atomic mass is 10.2. The van der Waals surface area contributed by atoms with Crippen LogP contribution in [0.1, 0.15) is 6.92 Å². The van der Waals surface area contributed by atoms with E-state index in [-0.39, 0.29) is 18.6 Å². The number of anilines is 2. The van der Waals surface area contributed by atoms with E-state index < -0.39 is 0 Å². The Morgan fingerprint density at radius 3 is 2.79 bits per heavy atom. The van der Waals surface area contributed by atoms with Crippen LogP contribution in [0.15, 0.2) is 18.2 Å². The van der Waals surface area contributed by atoms with E-state index in [0.29, 0.717) is 23.7 Å². The Hall–Kier alpha value is -1.79. The number of methoxy groups -OCH3 is 1. The van der Waals surface area contributed by atoms with E-state index in [9.17, 15) is 4.79 Å². The molecule has 4 N–H and O–H groups in total. The van der Waals surface area contributed by atoms with Gasteiger partial charge in [0.25, 0.3) is 0 Å². The van der Waals surface area contributed by atoms with Crippen LogP contribution in [0.4, 0.5) is 11.4 Å². The summed E-state index contributed by atoms with van der Waals surface area (Å²) in [4.78, 5) is 13.8. The first-order valence-electron chi connectivity index (χ1n) is 6.05. The van der Waals surface area contributed by atoms with Gasteiger partial charge in [0, 0.05) is 12.6 Å². The molecule has 0 saturated heterocycles. The highest BCUT2D eigenvalue weighted by molar-refractivity contribution is 5.97. The predicted octanol–water partition coefficient (Wildman–Crippen LogP) is 0.528. The minimum Gasteiger partial charge on any atom is -0.497 e. The molecule has 1 aromatic carbocycles. The molecule has 1 aromatic rings. The number of aliphatic hydroxyl groups excluding tert-OH is 1. The molecule has 0 radical (unpaired) electrons. The second-order valence-electron chi connectivity index (χ2n) is 4.32. The molecule has 0 aliphatic heterocycles. The normalized spacial score (nSPS) is 12.3. The molecule has 0 heterocycles. The van der Waals surface area contributed by atoms with E-state index in [2.05, 4.69) is 5.32 Å². The second-order valence-corrected chi connectivity index (χ2v) is 4.32. The number of hydrogen-bond donors (Lipinski definition) is 3. The number of hydrogen-bond acceptors (Lipinski definition) is 5. The van der Waals surface area contributed by atoms with E-state index in [4.69, 9.17) is 15.6 Å². The fourth-order valence-corrected chi connectivity index (χ4v) is 1.57. The molecule has 1 amide bonds. The topological polar surface area (TPSA) is 87.8 Å². The summed E-state index contributed by atoms with van der Waals surface area (Å²) in [6.07, 6.45) is 0. The maximum Gasteiger partial charge on any atom is 0.241 e. The van der Waals surface area contributed by atoms with E-state index >= 15 is 0 Å². The highest BCUT2D eigenvalue weighted by atomic mass is 16.5. The predicted molar refractivity (Wildman–Crippen MR) is 75.2 cm³/mol. The summed E-state index contributed by atoms with van der Waals surface area (Å²) < 4.78 is 5.04. The van der Waals surface area contributed by atoms with Crippen molar-refractivity contribution >= 4 is 17.3 Å². The largest absolute Gasteiger partial charge is 0.497 e. The molecular formula is C13H21N3O3. The third-order valence-electron chi connectivity index (χ3n) is 3.01. The van der Waals surface area contributed by atoms with E-state index in [1.807, 2.05) is 0 Å². The Kier molecular flexibility index (Phi) is 5.59. The number of nitrogens with two attached hydrogens (primary N) is 1. The van der Waals surface area contributed by atoms with Gasteiger partial charge in [-0.25, -0.2) is 0 Å². The van der Waals surface area contributed by atoms with Gasteiger partial charge in [0.15, 0.2) is 0 Å². The van der Waals surface area contributed by atoms with Gasteiger partial charge in [-0.15, -0.1) is 0 Å². The van der Waals surface area contributed by atoms with Crippen LogP contribution in [0.25, 0.3) is 0 Å². The quantitative estimate of drug-likeness (QED) is 0.654. The lowest BCUT2D eigenvalue weighted by Crippen LogP contribution is -2.41. The molecule has 19 heavy (non-hydrogen) atoms. The van der Waals surface area contributed by atoms with Crippen molar-refractivity contribution in [2.24, 2.45) is 0 Å². The average molecular weight is 267 g/mol. The highest BCUT2D eigenvalue weighted by Gasteiger charge is 2.18. The first-order chi connectivity index (χ1) is 8.99. The Bertz CT molecular complexity index is 437. The zero-order valence-corrected chi connectivity index (χ0v) is 11.5. The zero-order chi connectivity index (χ0) is 14.4.